The summed E-state index contributed by atoms with van der Waals surface area (Å²) in [4.78, 5) is 12.5. The topological polar surface area (TPSA) is 66.5 Å². The number of halogens is 1. The summed E-state index contributed by atoms with van der Waals surface area (Å²) in [5, 5.41) is 2.67. The Morgan fingerprint density at radius 3 is 2.46 bits per heavy atom. The zero-order valence-electron chi connectivity index (χ0n) is 14.8. The Balaban J connectivity index is 1.92. The van der Waals surface area contributed by atoms with Gasteiger partial charge in [-0.1, -0.05) is 12.1 Å². The molecule has 2 aromatic rings. The SMILES string of the molecule is Cc1ccc(C)c(NC(=O)c2cc(S(=O)(=O)N3CCCC3)ccc2F)c1. The van der Waals surface area contributed by atoms with E-state index in [0.717, 1.165) is 36.1 Å². The number of aryl methyl sites for hydroxylation is 2. The zero-order valence-corrected chi connectivity index (χ0v) is 15.6. The maximum Gasteiger partial charge on any atom is 0.258 e. The largest absolute Gasteiger partial charge is 0.322 e. The van der Waals surface area contributed by atoms with E-state index < -0.39 is 21.7 Å². The quantitative estimate of drug-likeness (QED) is 0.888. The van der Waals surface area contributed by atoms with Crippen LogP contribution in [0.4, 0.5) is 10.1 Å². The van der Waals surface area contributed by atoms with Gasteiger partial charge in [0.25, 0.3) is 5.91 Å². The maximum atomic E-state index is 14.2. The van der Waals surface area contributed by atoms with Gasteiger partial charge in [-0.2, -0.15) is 4.31 Å². The van der Waals surface area contributed by atoms with E-state index in [1.165, 1.54) is 10.4 Å². The average molecular weight is 376 g/mol. The van der Waals surface area contributed by atoms with Crippen LogP contribution in [0.2, 0.25) is 0 Å². The summed E-state index contributed by atoms with van der Waals surface area (Å²) in [7, 11) is -3.71. The van der Waals surface area contributed by atoms with E-state index in [9.17, 15) is 17.6 Å². The zero-order chi connectivity index (χ0) is 18.9. The van der Waals surface area contributed by atoms with E-state index >= 15 is 0 Å². The van der Waals surface area contributed by atoms with Crippen molar-refractivity contribution in [3.63, 3.8) is 0 Å². The van der Waals surface area contributed by atoms with E-state index in [-0.39, 0.29) is 10.5 Å². The molecular formula is C19H21FN2O3S. The lowest BCUT2D eigenvalue weighted by molar-refractivity contribution is 0.102. The molecule has 1 saturated heterocycles. The summed E-state index contributed by atoms with van der Waals surface area (Å²) in [5.41, 5.74) is 2.08. The van der Waals surface area contributed by atoms with E-state index in [2.05, 4.69) is 5.32 Å². The third kappa shape index (κ3) is 3.64. The Morgan fingerprint density at radius 2 is 1.77 bits per heavy atom. The molecule has 0 aromatic heterocycles. The molecule has 138 valence electrons. The van der Waals surface area contributed by atoms with Gasteiger partial charge in [0.15, 0.2) is 0 Å². The van der Waals surface area contributed by atoms with Gasteiger partial charge in [-0.15, -0.1) is 0 Å². The summed E-state index contributed by atoms with van der Waals surface area (Å²) >= 11 is 0. The third-order valence-electron chi connectivity index (χ3n) is 4.53. The number of anilines is 1. The number of rotatable bonds is 4. The molecule has 0 saturated carbocycles. The Bertz CT molecular complexity index is 951. The fourth-order valence-corrected chi connectivity index (χ4v) is 4.52. The minimum atomic E-state index is -3.71. The molecule has 1 heterocycles. The van der Waals surface area contributed by atoms with Crippen molar-refractivity contribution >= 4 is 21.6 Å². The minimum absolute atomic E-state index is 0.0630. The first-order valence-electron chi connectivity index (χ1n) is 8.47. The summed E-state index contributed by atoms with van der Waals surface area (Å²) in [5.74, 6) is -1.43. The molecule has 0 radical (unpaired) electrons. The molecule has 0 unspecified atom stereocenters. The standard InChI is InChI=1S/C19H21FN2O3S/c1-13-5-6-14(2)18(11-13)21-19(23)16-12-15(7-8-17(16)20)26(24,25)22-9-3-4-10-22/h5-8,11-12H,3-4,9-10H2,1-2H3,(H,21,23). The lowest BCUT2D eigenvalue weighted by Crippen LogP contribution is -2.28. The Morgan fingerprint density at radius 1 is 1.08 bits per heavy atom. The van der Waals surface area contributed by atoms with Gasteiger partial charge < -0.3 is 5.32 Å². The molecular weight excluding hydrogens is 355 g/mol. The highest BCUT2D eigenvalue weighted by atomic mass is 32.2. The van der Waals surface area contributed by atoms with Crippen LogP contribution in [-0.4, -0.2) is 31.7 Å². The number of amides is 1. The summed E-state index contributed by atoms with van der Waals surface area (Å²) < 4.78 is 40.9. The van der Waals surface area contributed by atoms with Gasteiger partial charge >= 0.3 is 0 Å². The van der Waals surface area contributed by atoms with Crippen molar-refractivity contribution < 1.29 is 17.6 Å². The Kier molecular flexibility index (Phi) is 5.11. The summed E-state index contributed by atoms with van der Waals surface area (Å²) in [6.07, 6.45) is 1.61. The number of hydrogen-bond donors (Lipinski definition) is 1. The van der Waals surface area contributed by atoms with Crippen LogP contribution in [0.15, 0.2) is 41.3 Å². The minimum Gasteiger partial charge on any atom is -0.322 e. The molecule has 0 bridgehead atoms. The summed E-state index contributed by atoms with van der Waals surface area (Å²) in [6.45, 7) is 4.62. The molecule has 1 fully saturated rings. The van der Waals surface area contributed by atoms with Crippen molar-refractivity contribution in [1.82, 2.24) is 4.31 Å². The fourth-order valence-electron chi connectivity index (χ4n) is 2.98. The number of nitrogens with one attached hydrogen (secondary N) is 1. The average Bonchev–Trinajstić information content (AvgIpc) is 3.13. The lowest BCUT2D eigenvalue weighted by atomic mass is 10.1. The third-order valence-corrected chi connectivity index (χ3v) is 6.42. The first-order valence-corrected chi connectivity index (χ1v) is 9.91. The highest BCUT2D eigenvalue weighted by molar-refractivity contribution is 7.89. The second kappa shape index (κ2) is 7.17. The van der Waals surface area contributed by atoms with Crippen molar-refractivity contribution in [2.75, 3.05) is 18.4 Å². The molecule has 1 aliphatic heterocycles. The maximum absolute atomic E-state index is 14.2. The molecule has 3 rings (SSSR count). The van der Waals surface area contributed by atoms with E-state index in [1.807, 2.05) is 26.0 Å². The van der Waals surface area contributed by atoms with Gasteiger partial charge in [0, 0.05) is 18.8 Å². The second-order valence-electron chi connectivity index (χ2n) is 6.53. The first-order chi connectivity index (χ1) is 12.3. The smallest absolute Gasteiger partial charge is 0.258 e. The lowest BCUT2D eigenvalue weighted by Gasteiger charge is -2.16. The predicted molar refractivity (Wildman–Crippen MR) is 98.3 cm³/mol. The Hall–Kier alpha value is -2.25. The van der Waals surface area contributed by atoms with Crippen LogP contribution in [0.3, 0.4) is 0 Å². The highest BCUT2D eigenvalue weighted by Crippen LogP contribution is 2.24. The van der Waals surface area contributed by atoms with E-state index in [4.69, 9.17) is 0 Å². The number of carbonyl (C=O) groups is 1. The van der Waals surface area contributed by atoms with E-state index in [0.29, 0.717) is 18.8 Å². The normalized spacial score (nSPS) is 15.2. The molecule has 0 aliphatic carbocycles. The van der Waals surface area contributed by atoms with Gasteiger partial charge in [-0.3, -0.25) is 4.79 Å². The van der Waals surface area contributed by atoms with Gasteiger partial charge in [0.05, 0.1) is 10.5 Å². The van der Waals surface area contributed by atoms with Crippen molar-refractivity contribution in [3.05, 3.63) is 58.9 Å². The molecule has 0 atom stereocenters. The number of nitrogens with zero attached hydrogens (tertiary/aromatic N) is 1. The Labute approximate surface area is 152 Å². The van der Waals surface area contributed by atoms with Crippen molar-refractivity contribution in [2.24, 2.45) is 0 Å². The van der Waals surface area contributed by atoms with Crippen LogP contribution < -0.4 is 5.32 Å². The van der Waals surface area contributed by atoms with Crippen LogP contribution in [0.5, 0.6) is 0 Å². The highest BCUT2D eigenvalue weighted by Gasteiger charge is 2.28. The van der Waals surface area contributed by atoms with Gasteiger partial charge in [-0.05, 0) is 62.1 Å². The van der Waals surface area contributed by atoms with E-state index in [1.54, 1.807) is 6.07 Å². The molecule has 5 nitrogen and oxygen atoms in total. The molecule has 7 heteroatoms. The monoisotopic (exact) mass is 376 g/mol. The molecule has 0 spiro atoms. The number of sulfonamides is 1. The van der Waals surface area contributed by atoms with Crippen LogP contribution in [-0.2, 0) is 10.0 Å². The predicted octanol–water partition coefficient (Wildman–Crippen LogP) is 3.48. The van der Waals surface area contributed by atoms with Crippen LogP contribution >= 0.6 is 0 Å². The number of carbonyl (C=O) groups excluding carboxylic acids is 1. The molecule has 2 aromatic carbocycles. The molecule has 26 heavy (non-hydrogen) atoms. The summed E-state index contributed by atoms with van der Waals surface area (Å²) in [6, 6.07) is 8.91. The van der Waals surface area contributed by atoms with Crippen LogP contribution in [0.25, 0.3) is 0 Å². The van der Waals surface area contributed by atoms with Crippen molar-refractivity contribution in [1.29, 1.82) is 0 Å². The number of benzene rings is 2. The fraction of sp³-hybridized carbons (Fsp3) is 0.316. The molecule has 1 aliphatic rings. The van der Waals surface area contributed by atoms with Crippen LogP contribution in [0, 0.1) is 19.7 Å². The van der Waals surface area contributed by atoms with Gasteiger partial charge in [0.1, 0.15) is 5.82 Å². The van der Waals surface area contributed by atoms with Gasteiger partial charge in [-0.25, -0.2) is 12.8 Å². The van der Waals surface area contributed by atoms with Crippen molar-refractivity contribution in [2.45, 2.75) is 31.6 Å². The number of hydrogen-bond acceptors (Lipinski definition) is 3. The molecule has 1 amide bonds. The van der Waals surface area contributed by atoms with Gasteiger partial charge in [0.2, 0.25) is 10.0 Å². The second-order valence-corrected chi connectivity index (χ2v) is 8.46. The van der Waals surface area contributed by atoms with Crippen LogP contribution in [0.1, 0.15) is 34.3 Å². The van der Waals surface area contributed by atoms with Crippen molar-refractivity contribution in [3.8, 4) is 0 Å². The molecule has 1 N–H and O–H groups in total. The first kappa shape index (κ1) is 18.5.